The number of hydrogen-bond donors (Lipinski definition) is 0. The summed E-state index contributed by atoms with van der Waals surface area (Å²) in [6.07, 6.45) is 0.887. The average molecular weight is 285 g/mol. The Bertz CT molecular complexity index is 742. The number of halogens is 1. The van der Waals surface area contributed by atoms with Crippen molar-refractivity contribution in [2.24, 2.45) is 0 Å². The van der Waals surface area contributed by atoms with Gasteiger partial charge in [0.05, 0.1) is 0 Å². The summed E-state index contributed by atoms with van der Waals surface area (Å²) < 4.78 is 5.82. The van der Waals surface area contributed by atoms with Gasteiger partial charge >= 0.3 is 0 Å². The van der Waals surface area contributed by atoms with Crippen molar-refractivity contribution in [2.45, 2.75) is 25.6 Å². The third-order valence-electron chi connectivity index (χ3n) is 3.72. The number of fused-ring (bicyclic) bond motifs is 1. The highest BCUT2D eigenvalue weighted by Gasteiger charge is 2.19. The molecule has 0 spiro atoms. The van der Waals surface area contributed by atoms with Gasteiger partial charge in [-0.1, -0.05) is 43.3 Å². The maximum Gasteiger partial charge on any atom is 0.126 e. The van der Waals surface area contributed by atoms with Gasteiger partial charge in [0.2, 0.25) is 0 Å². The Morgan fingerprint density at radius 1 is 1.05 bits per heavy atom. The molecule has 0 aliphatic rings. The van der Waals surface area contributed by atoms with E-state index in [1.807, 2.05) is 18.2 Å². The fourth-order valence-electron chi connectivity index (χ4n) is 2.60. The van der Waals surface area contributed by atoms with E-state index < -0.39 is 0 Å². The molecule has 2 heteroatoms. The van der Waals surface area contributed by atoms with Crippen molar-refractivity contribution in [1.82, 2.24) is 0 Å². The lowest BCUT2D eigenvalue weighted by Crippen LogP contribution is -1.96. The van der Waals surface area contributed by atoms with Crippen molar-refractivity contribution in [3.8, 4) is 0 Å². The Labute approximate surface area is 124 Å². The van der Waals surface area contributed by atoms with Crippen LogP contribution in [0.5, 0.6) is 0 Å². The first-order chi connectivity index (χ1) is 9.70. The van der Waals surface area contributed by atoms with Crippen molar-refractivity contribution in [2.75, 3.05) is 0 Å². The average Bonchev–Trinajstić information content (AvgIpc) is 2.95. The second-order valence-electron chi connectivity index (χ2n) is 5.04. The van der Waals surface area contributed by atoms with Gasteiger partial charge in [-0.05, 0) is 41.0 Å². The van der Waals surface area contributed by atoms with E-state index in [2.05, 4.69) is 44.2 Å². The molecule has 1 heterocycles. The molecule has 3 aromatic rings. The number of hydrogen-bond acceptors (Lipinski definition) is 1. The minimum absolute atomic E-state index is 0.249. The Morgan fingerprint density at radius 3 is 2.60 bits per heavy atom. The largest absolute Gasteiger partial charge is 0.464 e. The van der Waals surface area contributed by atoms with Crippen LogP contribution in [0.15, 0.2) is 52.9 Å². The van der Waals surface area contributed by atoms with Gasteiger partial charge in [0.15, 0.2) is 0 Å². The predicted octanol–water partition coefficient (Wildman–Crippen LogP) is 5.63. The second-order valence-corrected chi connectivity index (χ2v) is 5.47. The Balaban J connectivity index is 2.15. The van der Waals surface area contributed by atoms with E-state index in [1.54, 1.807) is 0 Å². The van der Waals surface area contributed by atoms with Gasteiger partial charge in [-0.15, -0.1) is 11.6 Å². The van der Waals surface area contributed by atoms with Crippen LogP contribution < -0.4 is 0 Å². The zero-order valence-corrected chi connectivity index (χ0v) is 12.4. The number of furan rings is 1. The molecule has 1 unspecified atom stereocenters. The first-order valence-electron chi connectivity index (χ1n) is 6.91. The van der Waals surface area contributed by atoms with Gasteiger partial charge in [0.25, 0.3) is 0 Å². The molecule has 1 atom stereocenters. The van der Waals surface area contributed by atoms with Crippen LogP contribution in [-0.4, -0.2) is 0 Å². The monoisotopic (exact) mass is 284 g/mol. The molecule has 0 bridgehead atoms. The first kappa shape index (κ1) is 13.3. The lowest BCUT2D eigenvalue weighted by Gasteiger charge is -2.14. The predicted molar refractivity (Wildman–Crippen MR) is 84.5 cm³/mol. The van der Waals surface area contributed by atoms with Crippen LogP contribution in [0.25, 0.3) is 10.8 Å². The summed E-state index contributed by atoms with van der Waals surface area (Å²) >= 11 is 6.69. The number of rotatable bonds is 3. The van der Waals surface area contributed by atoms with E-state index in [0.29, 0.717) is 0 Å². The SMILES string of the molecule is CCc1ccc(C(Cl)c2c(C)ccc3ccccc23)o1. The zero-order valence-electron chi connectivity index (χ0n) is 11.7. The van der Waals surface area contributed by atoms with Crippen molar-refractivity contribution in [3.63, 3.8) is 0 Å². The van der Waals surface area contributed by atoms with Gasteiger partial charge < -0.3 is 4.42 Å². The van der Waals surface area contributed by atoms with Crippen LogP contribution in [0.1, 0.15) is 34.9 Å². The molecular weight excluding hydrogens is 268 g/mol. The molecule has 0 saturated heterocycles. The molecule has 0 amide bonds. The van der Waals surface area contributed by atoms with Gasteiger partial charge in [0.1, 0.15) is 16.9 Å². The molecule has 0 saturated carbocycles. The van der Waals surface area contributed by atoms with Crippen molar-refractivity contribution < 1.29 is 4.42 Å². The molecule has 2 aromatic carbocycles. The van der Waals surface area contributed by atoms with Crippen LogP contribution in [0, 0.1) is 6.92 Å². The van der Waals surface area contributed by atoms with Crippen molar-refractivity contribution in [1.29, 1.82) is 0 Å². The lowest BCUT2D eigenvalue weighted by atomic mass is 9.96. The number of aryl methyl sites for hydroxylation is 2. The van der Waals surface area contributed by atoms with E-state index in [-0.39, 0.29) is 5.38 Å². The quantitative estimate of drug-likeness (QED) is 0.568. The maximum atomic E-state index is 6.69. The summed E-state index contributed by atoms with van der Waals surface area (Å²) in [5, 5.41) is 2.16. The standard InChI is InChI=1S/C18H17ClO/c1-3-14-10-11-16(20-14)18(19)17-12(2)8-9-13-6-4-5-7-15(13)17/h4-11,18H,3H2,1-2H3. The highest BCUT2D eigenvalue weighted by Crippen LogP contribution is 2.36. The number of alkyl halides is 1. The maximum absolute atomic E-state index is 6.69. The molecule has 20 heavy (non-hydrogen) atoms. The smallest absolute Gasteiger partial charge is 0.126 e. The summed E-state index contributed by atoms with van der Waals surface area (Å²) in [5.41, 5.74) is 2.33. The normalized spacial score (nSPS) is 12.8. The van der Waals surface area contributed by atoms with E-state index in [9.17, 15) is 0 Å². The van der Waals surface area contributed by atoms with E-state index in [4.69, 9.17) is 16.0 Å². The van der Waals surface area contributed by atoms with Gasteiger partial charge in [0, 0.05) is 6.42 Å². The zero-order chi connectivity index (χ0) is 14.1. The van der Waals surface area contributed by atoms with Gasteiger partial charge in [-0.25, -0.2) is 0 Å². The molecular formula is C18H17ClO. The minimum Gasteiger partial charge on any atom is -0.464 e. The van der Waals surface area contributed by atoms with Crippen LogP contribution >= 0.6 is 11.6 Å². The minimum atomic E-state index is -0.249. The van der Waals surface area contributed by atoms with E-state index in [0.717, 1.165) is 23.5 Å². The van der Waals surface area contributed by atoms with Gasteiger partial charge in [-0.3, -0.25) is 0 Å². The van der Waals surface area contributed by atoms with Crippen molar-refractivity contribution >= 4 is 22.4 Å². The summed E-state index contributed by atoms with van der Waals surface area (Å²) in [7, 11) is 0. The first-order valence-corrected chi connectivity index (χ1v) is 7.35. The van der Waals surface area contributed by atoms with Crippen LogP contribution in [0.4, 0.5) is 0 Å². The molecule has 0 aliphatic heterocycles. The molecule has 3 rings (SSSR count). The van der Waals surface area contributed by atoms with Crippen molar-refractivity contribution in [3.05, 3.63) is 71.2 Å². The van der Waals surface area contributed by atoms with Crippen LogP contribution in [0.3, 0.4) is 0 Å². The van der Waals surface area contributed by atoms with E-state index in [1.165, 1.54) is 16.3 Å². The summed E-state index contributed by atoms with van der Waals surface area (Å²) in [4.78, 5) is 0. The number of benzene rings is 2. The summed E-state index contributed by atoms with van der Waals surface area (Å²) in [6, 6.07) is 16.6. The second kappa shape index (κ2) is 5.34. The summed E-state index contributed by atoms with van der Waals surface area (Å²) in [6.45, 7) is 4.18. The molecule has 102 valence electrons. The Hall–Kier alpha value is -1.73. The topological polar surface area (TPSA) is 13.1 Å². The molecule has 0 aliphatic carbocycles. The molecule has 1 nitrogen and oxygen atoms in total. The van der Waals surface area contributed by atoms with Crippen LogP contribution in [0.2, 0.25) is 0 Å². The Kier molecular flexibility index (Phi) is 3.54. The molecule has 0 N–H and O–H groups in total. The van der Waals surface area contributed by atoms with Gasteiger partial charge in [-0.2, -0.15) is 0 Å². The van der Waals surface area contributed by atoms with E-state index >= 15 is 0 Å². The summed E-state index contributed by atoms with van der Waals surface area (Å²) in [5.74, 6) is 1.80. The molecule has 0 fully saturated rings. The fraction of sp³-hybridized carbons (Fsp3) is 0.222. The molecule has 1 aromatic heterocycles. The highest BCUT2D eigenvalue weighted by atomic mass is 35.5. The lowest BCUT2D eigenvalue weighted by molar-refractivity contribution is 0.474. The highest BCUT2D eigenvalue weighted by molar-refractivity contribution is 6.23. The Morgan fingerprint density at radius 2 is 1.85 bits per heavy atom. The third-order valence-corrected chi connectivity index (χ3v) is 4.16. The molecule has 0 radical (unpaired) electrons. The van der Waals surface area contributed by atoms with Crippen LogP contribution in [-0.2, 0) is 6.42 Å². The fourth-order valence-corrected chi connectivity index (χ4v) is 3.01. The third kappa shape index (κ3) is 2.23.